The van der Waals surface area contributed by atoms with Crippen LogP contribution in [0.1, 0.15) is 18.6 Å². The molecule has 0 aromatic heterocycles. The highest BCUT2D eigenvalue weighted by Gasteiger charge is 2.18. The second-order valence-electron chi connectivity index (χ2n) is 4.60. The Labute approximate surface area is 124 Å². The Morgan fingerprint density at radius 2 is 2.10 bits per heavy atom. The first-order valence-corrected chi connectivity index (χ1v) is 6.57. The number of carbonyl (C=O) groups is 1. The standard InChI is InChI=1S/C16H21FN2O2/c1-4-12(11(2)20)10-19-14-7-5-13(6-8-14)16(21-3)15(18)9-17/h4-8,10,15-16,19H,1,9,18H2,2-3H3/b12-10+. The summed E-state index contributed by atoms with van der Waals surface area (Å²) in [5.41, 5.74) is 7.76. The van der Waals surface area contributed by atoms with Crippen LogP contribution in [0.15, 0.2) is 48.7 Å². The highest BCUT2D eigenvalue weighted by atomic mass is 19.1. The number of benzene rings is 1. The number of ketones is 1. The van der Waals surface area contributed by atoms with Crippen molar-refractivity contribution in [2.45, 2.75) is 19.1 Å². The molecule has 0 spiro atoms. The number of anilines is 1. The molecule has 114 valence electrons. The van der Waals surface area contributed by atoms with Gasteiger partial charge in [0, 0.05) is 24.6 Å². The lowest BCUT2D eigenvalue weighted by Crippen LogP contribution is -2.31. The molecule has 0 aliphatic heterocycles. The predicted molar refractivity (Wildman–Crippen MR) is 82.7 cm³/mol. The molecular formula is C16H21FN2O2. The smallest absolute Gasteiger partial charge is 0.161 e. The van der Waals surface area contributed by atoms with E-state index in [4.69, 9.17) is 10.5 Å². The van der Waals surface area contributed by atoms with Crippen LogP contribution in [0.2, 0.25) is 0 Å². The van der Waals surface area contributed by atoms with Crippen LogP contribution in [0.3, 0.4) is 0 Å². The van der Waals surface area contributed by atoms with Crippen molar-refractivity contribution in [1.29, 1.82) is 0 Å². The molecule has 21 heavy (non-hydrogen) atoms. The van der Waals surface area contributed by atoms with E-state index >= 15 is 0 Å². The maximum Gasteiger partial charge on any atom is 0.161 e. The Bertz CT molecular complexity index is 512. The fourth-order valence-electron chi connectivity index (χ4n) is 1.87. The van der Waals surface area contributed by atoms with E-state index in [9.17, 15) is 9.18 Å². The first-order valence-electron chi connectivity index (χ1n) is 6.57. The molecule has 0 aliphatic carbocycles. The number of hydrogen-bond acceptors (Lipinski definition) is 4. The third-order valence-electron chi connectivity index (χ3n) is 3.08. The van der Waals surface area contributed by atoms with Gasteiger partial charge in [0.1, 0.15) is 6.67 Å². The van der Waals surface area contributed by atoms with E-state index in [0.717, 1.165) is 11.3 Å². The van der Waals surface area contributed by atoms with Crippen LogP contribution in [0.4, 0.5) is 10.1 Å². The number of halogens is 1. The average Bonchev–Trinajstić information content (AvgIpc) is 2.49. The number of Topliss-reactive ketones (excluding diaryl/α,β-unsaturated/α-hetero) is 1. The van der Waals surface area contributed by atoms with Crippen molar-refractivity contribution in [3.63, 3.8) is 0 Å². The molecule has 0 saturated carbocycles. The minimum atomic E-state index is -0.696. The van der Waals surface area contributed by atoms with E-state index in [1.165, 1.54) is 20.1 Å². The number of hydrogen-bond donors (Lipinski definition) is 2. The van der Waals surface area contributed by atoms with Crippen molar-refractivity contribution in [3.05, 3.63) is 54.3 Å². The Kier molecular flexibility index (Phi) is 6.78. The minimum absolute atomic E-state index is 0.0671. The van der Waals surface area contributed by atoms with E-state index in [1.807, 2.05) is 12.1 Å². The van der Waals surface area contributed by atoms with Gasteiger partial charge < -0.3 is 15.8 Å². The first-order chi connectivity index (χ1) is 10.0. The summed E-state index contributed by atoms with van der Waals surface area (Å²) in [5.74, 6) is -0.0671. The van der Waals surface area contributed by atoms with E-state index in [2.05, 4.69) is 11.9 Å². The van der Waals surface area contributed by atoms with E-state index in [-0.39, 0.29) is 5.78 Å². The average molecular weight is 292 g/mol. The number of rotatable bonds is 8. The van der Waals surface area contributed by atoms with Crippen LogP contribution < -0.4 is 11.1 Å². The monoisotopic (exact) mass is 292 g/mol. The van der Waals surface area contributed by atoms with E-state index < -0.39 is 18.8 Å². The fraction of sp³-hybridized carbons (Fsp3) is 0.312. The molecule has 1 aromatic carbocycles. The molecule has 0 saturated heterocycles. The van der Waals surface area contributed by atoms with Gasteiger partial charge in [-0.15, -0.1) is 0 Å². The Morgan fingerprint density at radius 3 is 2.52 bits per heavy atom. The number of nitrogens with two attached hydrogens (primary N) is 1. The summed E-state index contributed by atoms with van der Waals surface area (Å²) in [6.45, 7) is 4.40. The lowest BCUT2D eigenvalue weighted by atomic mass is 10.0. The molecule has 4 nitrogen and oxygen atoms in total. The van der Waals surface area contributed by atoms with Gasteiger partial charge in [0.2, 0.25) is 0 Å². The topological polar surface area (TPSA) is 64.3 Å². The third-order valence-corrected chi connectivity index (χ3v) is 3.08. The van der Waals surface area contributed by atoms with Crippen molar-refractivity contribution >= 4 is 11.5 Å². The number of allylic oxidation sites excluding steroid dienone is 2. The molecule has 2 unspecified atom stereocenters. The second kappa shape index (κ2) is 8.34. The molecule has 0 fully saturated rings. The molecule has 0 aliphatic rings. The fourth-order valence-corrected chi connectivity index (χ4v) is 1.87. The molecule has 3 N–H and O–H groups in total. The summed E-state index contributed by atoms with van der Waals surface area (Å²) in [6.07, 6.45) is 2.59. The minimum Gasteiger partial charge on any atom is -0.375 e. The Hall–Kier alpha value is -1.98. The van der Waals surface area contributed by atoms with Crippen molar-refractivity contribution in [1.82, 2.24) is 0 Å². The van der Waals surface area contributed by atoms with Gasteiger partial charge in [0.25, 0.3) is 0 Å². The maximum absolute atomic E-state index is 12.6. The van der Waals surface area contributed by atoms with Gasteiger partial charge in [-0.05, 0) is 24.6 Å². The summed E-state index contributed by atoms with van der Waals surface area (Å²) in [6, 6.07) is 6.54. The predicted octanol–water partition coefficient (Wildman–Crippen LogP) is 2.74. The van der Waals surface area contributed by atoms with Crippen molar-refractivity contribution in [2.24, 2.45) is 5.73 Å². The van der Waals surface area contributed by atoms with Crippen LogP contribution in [-0.2, 0) is 9.53 Å². The van der Waals surface area contributed by atoms with Crippen LogP contribution in [-0.4, -0.2) is 25.6 Å². The van der Waals surface area contributed by atoms with Gasteiger partial charge in [0.15, 0.2) is 5.78 Å². The van der Waals surface area contributed by atoms with Crippen LogP contribution in [0.25, 0.3) is 0 Å². The zero-order valence-corrected chi connectivity index (χ0v) is 12.3. The zero-order valence-electron chi connectivity index (χ0n) is 12.3. The summed E-state index contributed by atoms with van der Waals surface area (Å²) >= 11 is 0. The van der Waals surface area contributed by atoms with Crippen LogP contribution in [0, 0.1) is 0 Å². The molecular weight excluding hydrogens is 271 g/mol. The molecule has 2 atom stereocenters. The summed E-state index contributed by atoms with van der Waals surface area (Å²) in [5, 5.41) is 3.00. The quantitative estimate of drug-likeness (QED) is 0.571. The van der Waals surface area contributed by atoms with Crippen LogP contribution in [0.5, 0.6) is 0 Å². The number of carbonyl (C=O) groups excluding carboxylic acids is 1. The normalized spacial score (nSPS) is 14.4. The Balaban J connectivity index is 2.82. The summed E-state index contributed by atoms with van der Waals surface area (Å²) in [4.78, 5) is 11.2. The van der Waals surface area contributed by atoms with Crippen molar-refractivity contribution < 1.29 is 13.9 Å². The lowest BCUT2D eigenvalue weighted by molar-refractivity contribution is -0.113. The van der Waals surface area contributed by atoms with Crippen molar-refractivity contribution in [3.8, 4) is 0 Å². The molecule has 1 rings (SSSR count). The number of nitrogens with one attached hydrogen (secondary N) is 1. The molecule has 1 aromatic rings. The SMILES string of the molecule is C=C/C(=C\Nc1ccc(C(OC)C(N)CF)cc1)C(C)=O. The second-order valence-corrected chi connectivity index (χ2v) is 4.60. The van der Waals surface area contributed by atoms with Gasteiger partial charge in [-0.2, -0.15) is 0 Å². The Morgan fingerprint density at radius 1 is 1.48 bits per heavy atom. The number of alkyl halides is 1. The molecule has 0 bridgehead atoms. The first kappa shape index (κ1) is 17.1. The number of methoxy groups -OCH3 is 1. The van der Waals surface area contributed by atoms with Crippen molar-refractivity contribution in [2.75, 3.05) is 19.1 Å². The highest BCUT2D eigenvalue weighted by molar-refractivity contribution is 5.96. The lowest BCUT2D eigenvalue weighted by Gasteiger charge is -2.20. The zero-order chi connectivity index (χ0) is 15.8. The summed E-state index contributed by atoms with van der Waals surface area (Å²) in [7, 11) is 1.50. The van der Waals surface area contributed by atoms with Gasteiger partial charge in [-0.3, -0.25) is 4.79 Å². The molecule has 0 heterocycles. The third kappa shape index (κ3) is 4.81. The van der Waals surface area contributed by atoms with Gasteiger partial charge in [-0.1, -0.05) is 24.8 Å². The molecule has 0 amide bonds. The summed E-state index contributed by atoms with van der Waals surface area (Å²) < 4.78 is 17.9. The van der Waals surface area contributed by atoms with Crippen LogP contribution >= 0.6 is 0 Å². The molecule has 0 radical (unpaired) electrons. The van der Waals surface area contributed by atoms with Gasteiger partial charge >= 0.3 is 0 Å². The molecule has 5 heteroatoms. The number of ether oxygens (including phenoxy) is 1. The largest absolute Gasteiger partial charge is 0.375 e. The maximum atomic E-state index is 12.6. The van der Waals surface area contributed by atoms with Gasteiger partial charge in [-0.25, -0.2) is 4.39 Å². The highest BCUT2D eigenvalue weighted by Crippen LogP contribution is 2.22. The van der Waals surface area contributed by atoms with E-state index in [1.54, 1.807) is 18.3 Å². The van der Waals surface area contributed by atoms with Gasteiger partial charge in [0.05, 0.1) is 12.1 Å². The van der Waals surface area contributed by atoms with E-state index in [0.29, 0.717) is 5.57 Å².